The standard InChI is InChI=1S/C13H21FN2O2/c1-13(2,18-4)8-11(16-15)9-5-6-12(17-3)10(14)7-9/h5-7,11,16H,8,15H2,1-4H3. The summed E-state index contributed by atoms with van der Waals surface area (Å²) in [5.74, 6) is 5.35. The molecule has 1 unspecified atom stereocenters. The first-order valence-electron chi connectivity index (χ1n) is 5.78. The molecular weight excluding hydrogens is 235 g/mol. The van der Waals surface area contributed by atoms with Crippen LogP contribution < -0.4 is 16.0 Å². The quantitative estimate of drug-likeness (QED) is 0.605. The van der Waals surface area contributed by atoms with Crippen molar-refractivity contribution in [3.8, 4) is 5.75 Å². The molecule has 3 N–H and O–H groups in total. The molecule has 0 aliphatic rings. The molecule has 1 rings (SSSR count). The Morgan fingerprint density at radius 2 is 2.06 bits per heavy atom. The van der Waals surface area contributed by atoms with Crippen molar-refractivity contribution >= 4 is 0 Å². The van der Waals surface area contributed by atoms with Gasteiger partial charge < -0.3 is 9.47 Å². The summed E-state index contributed by atoms with van der Waals surface area (Å²) >= 11 is 0. The molecule has 5 heteroatoms. The summed E-state index contributed by atoms with van der Waals surface area (Å²) in [4.78, 5) is 0. The van der Waals surface area contributed by atoms with E-state index in [0.29, 0.717) is 6.42 Å². The number of halogens is 1. The van der Waals surface area contributed by atoms with Crippen LogP contribution in [-0.4, -0.2) is 19.8 Å². The molecule has 0 aromatic heterocycles. The van der Waals surface area contributed by atoms with Crippen LogP contribution in [0.1, 0.15) is 31.9 Å². The highest BCUT2D eigenvalue weighted by molar-refractivity contribution is 5.31. The van der Waals surface area contributed by atoms with Crippen LogP contribution in [0.15, 0.2) is 18.2 Å². The minimum absolute atomic E-state index is 0.180. The molecule has 1 aromatic rings. The number of ether oxygens (including phenoxy) is 2. The first-order valence-corrected chi connectivity index (χ1v) is 5.78. The number of nitrogens with one attached hydrogen (secondary N) is 1. The summed E-state index contributed by atoms with van der Waals surface area (Å²) in [5.41, 5.74) is 3.11. The molecule has 0 bridgehead atoms. The molecule has 0 radical (unpaired) electrons. The van der Waals surface area contributed by atoms with Crippen molar-refractivity contribution in [3.63, 3.8) is 0 Å². The van der Waals surface area contributed by atoms with Gasteiger partial charge in [0.15, 0.2) is 11.6 Å². The second kappa shape index (κ2) is 6.13. The van der Waals surface area contributed by atoms with Crippen LogP contribution in [0.25, 0.3) is 0 Å². The highest BCUT2D eigenvalue weighted by Crippen LogP contribution is 2.28. The predicted octanol–water partition coefficient (Wildman–Crippen LogP) is 2.15. The highest BCUT2D eigenvalue weighted by atomic mass is 19.1. The van der Waals surface area contributed by atoms with Crippen LogP contribution in [0, 0.1) is 5.82 Å². The number of hydrogen-bond acceptors (Lipinski definition) is 4. The van der Waals surface area contributed by atoms with E-state index >= 15 is 0 Å². The maximum absolute atomic E-state index is 13.6. The number of methoxy groups -OCH3 is 2. The SMILES string of the molecule is COc1ccc(C(CC(C)(C)OC)NN)cc1F. The van der Waals surface area contributed by atoms with Gasteiger partial charge in [0.25, 0.3) is 0 Å². The molecule has 4 nitrogen and oxygen atoms in total. The molecule has 0 aliphatic heterocycles. The normalized spacial score (nSPS) is 13.4. The average molecular weight is 256 g/mol. The molecule has 102 valence electrons. The Morgan fingerprint density at radius 1 is 1.39 bits per heavy atom. The zero-order valence-electron chi connectivity index (χ0n) is 11.3. The fraction of sp³-hybridized carbons (Fsp3) is 0.538. The third kappa shape index (κ3) is 3.66. The first kappa shape index (κ1) is 14.9. The molecular formula is C13H21FN2O2. The lowest BCUT2D eigenvalue weighted by Gasteiger charge is -2.28. The van der Waals surface area contributed by atoms with Gasteiger partial charge in [-0.1, -0.05) is 6.07 Å². The highest BCUT2D eigenvalue weighted by Gasteiger charge is 2.23. The fourth-order valence-corrected chi connectivity index (χ4v) is 1.75. The largest absolute Gasteiger partial charge is 0.494 e. The van der Waals surface area contributed by atoms with E-state index in [4.69, 9.17) is 15.3 Å². The average Bonchev–Trinajstić information content (AvgIpc) is 2.36. The molecule has 0 fully saturated rings. The summed E-state index contributed by atoms with van der Waals surface area (Å²) in [6.45, 7) is 3.91. The van der Waals surface area contributed by atoms with E-state index in [1.165, 1.54) is 13.2 Å². The van der Waals surface area contributed by atoms with Gasteiger partial charge in [-0.3, -0.25) is 11.3 Å². The second-order valence-corrected chi connectivity index (χ2v) is 4.78. The van der Waals surface area contributed by atoms with Gasteiger partial charge in [-0.2, -0.15) is 0 Å². The van der Waals surface area contributed by atoms with Gasteiger partial charge in [-0.25, -0.2) is 4.39 Å². The molecule has 0 spiro atoms. The lowest BCUT2D eigenvalue weighted by atomic mass is 9.94. The minimum Gasteiger partial charge on any atom is -0.494 e. The molecule has 0 heterocycles. The lowest BCUT2D eigenvalue weighted by Crippen LogP contribution is -2.35. The Balaban J connectivity index is 2.92. The van der Waals surface area contributed by atoms with Gasteiger partial charge in [0, 0.05) is 13.2 Å². The molecule has 0 saturated heterocycles. The zero-order chi connectivity index (χ0) is 13.8. The van der Waals surface area contributed by atoms with Crippen molar-refractivity contribution in [2.24, 2.45) is 5.84 Å². The van der Waals surface area contributed by atoms with Crippen molar-refractivity contribution in [2.75, 3.05) is 14.2 Å². The summed E-state index contributed by atoms with van der Waals surface area (Å²) in [5, 5.41) is 0. The number of rotatable bonds is 6. The van der Waals surface area contributed by atoms with E-state index in [1.54, 1.807) is 19.2 Å². The molecule has 18 heavy (non-hydrogen) atoms. The first-order chi connectivity index (χ1) is 8.43. The molecule has 0 aliphatic carbocycles. The maximum atomic E-state index is 13.6. The lowest BCUT2D eigenvalue weighted by molar-refractivity contribution is 0.00678. The van der Waals surface area contributed by atoms with Gasteiger partial charge in [0.1, 0.15) is 0 Å². The van der Waals surface area contributed by atoms with Crippen molar-refractivity contribution < 1.29 is 13.9 Å². The number of hydrogen-bond donors (Lipinski definition) is 2. The van der Waals surface area contributed by atoms with Gasteiger partial charge in [0.2, 0.25) is 0 Å². The number of hydrazine groups is 1. The van der Waals surface area contributed by atoms with E-state index < -0.39 is 5.82 Å². The molecule has 0 saturated carbocycles. The van der Waals surface area contributed by atoms with E-state index in [2.05, 4.69) is 5.43 Å². The number of nitrogens with two attached hydrogens (primary N) is 1. The van der Waals surface area contributed by atoms with Crippen LogP contribution >= 0.6 is 0 Å². The summed E-state index contributed by atoms with van der Waals surface area (Å²) < 4.78 is 23.9. The summed E-state index contributed by atoms with van der Waals surface area (Å²) in [6.07, 6.45) is 0.631. The zero-order valence-corrected chi connectivity index (χ0v) is 11.3. The maximum Gasteiger partial charge on any atom is 0.165 e. The third-order valence-corrected chi connectivity index (χ3v) is 3.03. The van der Waals surface area contributed by atoms with Crippen molar-refractivity contribution in [1.29, 1.82) is 0 Å². The van der Waals surface area contributed by atoms with Crippen molar-refractivity contribution in [2.45, 2.75) is 31.9 Å². The Kier molecular flexibility index (Phi) is 5.07. The van der Waals surface area contributed by atoms with Crippen LogP contribution in [0.2, 0.25) is 0 Å². The minimum atomic E-state index is -0.398. The molecule has 0 amide bonds. The summed E-state index contributed by atoms with van der Waals surface area (Å²) in [6, 6.07) is 4.63. The predicted molar refractivity (Wildman–Crippen MR) is 68.7 cm³/mol. The Morgan fingerprint density at radius 3 is 2.50 bits per heavy atom. The van der Waals surface area contributed by atoms with Crippen LogP contribution in [0.5, 0.6) is 5.75 Å². The van der Waals surface area contributed by atoms with Crippen molar-refractivity contribution in [3.05, 3.63) is 29.6 Å². The molecule has 1 aromatic carbocycles. The smallest absolute Gasteiger partial charge is 0.165 e. The number of benzene rings is 1. The van der Waals surface area contributed by atoms with Gasteiger partial charge in [0.05, 0.1) is 12.7 Å². The monoisotopic (exact) mass is 256 g/mol. The van der Waals surface area contributed by atoms with E-state index in [1.807, 2.05) is 13.8 Å². The Labute approximate surface area is 107 Å². The van der Waals surface area contributed by atoms with Crippen LogP contribution in [0.4, 0.5) is 4.39 Å². The Bertz CT molecular complexity index is 397. The topological polar surface area (TPSA) is 56.5 Å². The van der Waals surface area contributed by atoms with Gasteiger partial charge in [-0.05, 0) is 38.0 Å². The van der Waals surface area contributed by atoms with Crippen LogP contribution in [0.3, 0.4) is 0 Å². The van der Waals surface area contributed by atoms with Gasteiger partial charge >= 0.3 is 0 Å². The third-order valence-electron chi connectivity index (χ3n) is 3.03. The summed E-state index contributed by atoms with van der Waals surface area (Å²) in [7, 11) is 3.08. The fourth-order valence-electron chi connectivity index (χ4n) is 1.75. The van der Waals surface area contributed by atoms with Crippen LogP contribution in [-0.2, 0) is 4.74 Å². The Hall–Kier alpha value is -1.17. The van der Waals surface area contributed by atoms with Gasteiger partial charge in [-0.15, -0.1) is 0 Å². The van der Waals surface area contributed by atoms with Crippen molar-refractivity contribution in [1.82, 2.24) is 5.43 Å². The van der Waals surface area contributed by atoms with E-state index in [-0.39, 0.29) is 17.4 Å². The van der Waals surface area contributed by atoms with E-state index in [9.17, 15) is 4.39 Å². The molecule has 1 atom stereocenters. The second-order valence-electron chi connectivity index (χ2n) is 4.78. The van der Waals surface area contributed by atoms with E-state index in [0.717, 1.165) is 5.56 Å².